The molecule has 0 fully saturated rings. The summed E-state index contributed by atoms with van der Waals surface area (Å²) in [6.45, 7) is 4.12. The molecule has 1 aromatic carbocycles. The van der Waals surface area contributed by atoms with Crippen LogP contribution in [-0.2, 0) is 4.79 Å². The highest BCUT2D eigenvalue weighted by Crippen LogP contribution is 2.28. The van der Waals surface area contributed by atoms with E-state index in [4.69, 9.17) is 11.6 Å². The van der Waals surface area contributed by atoms with Crippen molar-refractivity contribution in [3.63, 3.8) is 0 Å². The average molecular weight is 371 g/mol. The first-order valence-corrected chi connectivity index (χ1v) is 9.53. The highest BCUT2D eigenvalue weighted by Gasteiger charge is 2.10. The molecule has 0 unspecified atom stereocenters. The molecular formula is C15H19ClN4OS2. The summed E-state index contributed by atoms with van der Waals surface area (Å²) in [5, 5.41) is 15.6. The van der Waals surface area contributed by atoms with Gasteiger partial charge in [0.1, 0.15) is 0 Å². The topological polar surface area (TPSA) is 66.9 Å². The number of carbonyl (C=O) groups is 1. The van der Waals surface area contributed by atoms with Gasteiger partial charge in [-0.05, 0) is 31.5 Å². The second-order valence-electron chi connectivity index (χ2n) is 5.05. The summed E-state index contributed by atoms with van der Waals surface area (Å²) < 4.78 is 0.757. The van der Waals surface area contributed by atoms with Gasteiger partial charge in [-0.3, -0.25) is 4.79 Å². The van der Waals surface area contributed by atoms with E-state index in [1.165, 1.54) is 23.1 Å². The number of nitrogens with one attached hydrogen (secondary N) is 2. The van der Waals surface area contributed by atoms with Crippen LogP contribution in [0, 0.1) is 0 Å². The van der Waals surface area contributed by atoms with Gasteiger partial charge in [0.15, 0.2) is 4.34 Å². The third-order valence-electron chi connectivity index (χ3n) is 2.94. The van der Waals surface area contributed by atoms with Gasteiger partial charge in [-0.15, -0.1) is 10.2 Å². The van der Waals surface area contributed by atoms with Gasteiger partial charge in [-0.1, -0.05) is 54.1 Å². The molecule has 0 aliphatic rings. The van der Waals surface area contributed by atoms with Crippen LogP contribution >= 0.6 is 34.7 Å². The fourth-order valence-electron chi connectivity index (χ4n) is 1.96. The Balaban J connectivity index is 1.82. The Labute approximate surface area is 149 Å². The van der Waals surface area contributed by atoms with Gasteiger partial charge < -0.3 is 10.6 Å². The zero-order valence-corrected chi connectivity index (χ0v) is 15.4. The fraction of sp³-hybridized carbons (Fsp3) is 0.400. The molecule has 5 nitrogen and oxygen atoms in total. The number of halogens is 1. The van der Waals surface area contributed by atoms with Gasteiger partial charge in [0.2, 0.25) is 11.0 Å². The lowest BCUT2D eigenvalue weighted by Crippen LogP contribution is -2.33. The summed E-state index contributed by atoms with van der Waals surface area (Å²) in [5.74, 6) is 0.371. The quantitative estimate of drug-likeness (QED) is 0.677. The van der Waals surface area contributed by atoms with E-state index in [0.717, 1.165) is 22.9 Å². The number of thioether (sulfide) groups is 1. The van der Waals surface area contributed by atoms with E-state index in [0.29, 0.717) is 15.9 Å². The molecule has 2 rings (SSSR count). The highest BCUT2D eigenvalue weighted by atomic mass is 35.5. The molecule has 0 spiro atoms. The van der Waals surface area contributed by atoms with Crippen molar-refractivity contribution in [1.82, 2.24) is 15.5 Å². The summed E-state index contributed by atoms with van der Waals surface area (Å²) >= 11 is 8.74. The van der Waals surface area contributed by atoms with Crippen LogP contribution in [0.2, 0.25) is 5.02 Å². The van der Waals surface area contributed by atoms with Crippen molar-refractivity contribution >= 4 is 51.4 Å². The van der Waals surface area contributed by atoms with Crippen LogP contribution in [0.4, 0.5) is 10.8 Å². The van der Waals surface area contributed by atoms with Gasteiger partial charge in [0, 0.05) is 16.8 Å². The molecular weight excluding hydrogens is 352 g/mol. The Morgan fingerprint density at radius 1 is 1.43 bits per heavy atom. The Hall–Kier alpha value is -1.31. The third kappa shape index (κ3) is 6.37. The minimum atomic E-state index is 0.0236. The van der Waals surface area contributed by atoms with Crippen LogP contribution in [0.1, 0.15) is 26.7 Å². The van der Waals surface area contributed by atoms with Crippen molar-refractivity contribution < 1.29 is 4.79 Å². The largest absolute Gasteiger partial charge is 0.353 e. The number of amides is 1. The molecule has 1 aromatic heterocycles. The Morgan fingerprint density at radius 2 is 2.26 bits per heavy atom. The standard InChI is InChI=1S/C15H19ClN4OS2/c1-3-5-10(2)17-13(21)9-22-15-20-19-14(23-15)18-12-7-4-6-11(16)8-12/h4,6-8,10H,3,5,9H2,1-2H3,(H,17,21)(H,18,19)/t10-/m0/s1. The first-order valence-electron chi connectivity index (χ1n) is 7.35. The van der Waals surface area contributed by atoms with Crippen molar-refractivity contribution in [2.75, 3.05) is 11.1 Å². The lowest BCUT2D eigenvalue weighted by molar-refractivity contribution is -0.119. The van der Waals surface area contributed by atoms with Crippen molar-refractivity contribution in [2.45, 2.75) is 37.1 Å². The van der Waals surface area contributed by atoms with Gasteiger partial charge in [-0.25, -0.2) is 0 Å². The monoisotopic (exact) mass is 370 g/mol. The maximum Gasteiger partial charge on any atom is 0.230 e. The van der Waals surface area contributed by atoms with E-state index in [2.05, 4.69) is 27.8 Å². The molecule has 8 heteroatoms. The van der Waals surface area contributed by atoms with Crippen molar-refractivity contribution in [2.24, 2.45) is 0 Å². The number of hydrogen-bond acceptors (Lipinski definition) is 6. The molecule has 2 aromatic rings. The molecule has 23 heavy (non-hydrogen) atoms. The molecule has 0 aliphatic heterocycles. The van der Waals surface area contributed by atoms with E-state index >= 15 is 0 Å². The van der Waals surface area contributed by atoms with E-state index < -0.39 is 0 Å². The van der Waals surface area contributed by atoms with Crippen LogP contribution in [0.3, 0.4) is 0 Å². The number of hydrogen-bond donors (Lipinski definition) is 2. The summed E-state index contributed by atoms with van der Waals surface area (Å²) in [7, 11) is 0. The summed E-state index contributed by atoms with van der Waals surface area (Å²) in [6.07, 6.45) is 2.05. The van der Waals surface area contributed by atoms with Crippen molar-refractivity contribution in [3.8, 4) is 0 Å². The first kappa shape index (κ1) is 18.0. The minimum Gasteiger partial charge on any atom is -0.353 e. The van der Waals surface area contributed by atoms with E-state index in [-0.39, 0.29) is 11.9 Å². The second-order valence-corrected chi connectivity index (χ2v) is 7.69. The Bertz CT molecular complexity index is 650. The number of nitrogens with zero attached hydrogens (tertiary/aromatic N) is 2. The smallest absolute Gasteiger partial charge is 0.230 e. The van der Waals surface area contributed by atoms with E-state index in [1.807, 2.05) is 31.2 Å². The van der Waals surface area contributed by atoms with Gasteiger partial charge >= 0.3 is 0 Å². The third-order valence-corrected chi connectivity index (χ3v) is 5.15. The summed E-state index contributed by atoms with van der Waals surface area (Å²) in [6, 6.07) is 7.61. The number of anilines is 2. The molecule has 1 amide bonds. The number of carbonyl (C=O) groups excluding carboxylic acids is 1. The van der Waals surface area contributed by atoms with Crippen molar-refractivity contribution in [1.29, 1.82) is 0 Å². The normalized spacial score (nSPS) is 12.0. The van der Waals surface area contributed by atoms with Crippen LogP contribution in [-0.4, -0.2) is 27.9 Å². The van der Waals surface area contributed by atoms with E-state index in [1.54, 1.807) is 0 Å². The summed E-state index contributed by atoms with van der Waals surface area (Å²) in [4.78, 5) is 11.8. The van der Waals surface area contributed by atoms with Gasteiger partial charge in [0.25, 0.3) is 0 Å². The molecule has 0 aliphatic carbocycles. The number of benzene rings is 1. The Morgan fingerprint density at radius 3 is 3.00 bits per heavy atom. The SMILES string of the molecule is CCC[C@H](C)NC(=O)CSc1nnc(Nc2cccc(Cl)c2)s1. The molecule has 1 heterocycles. The molecule has 124 valence electrons. The van der Waals surface area contributed by atoms with Gasteiger partial charge in [-0.2, -0.15) is 0 Å². The average Bonchev–Trinajstić information content (AvgIpc) is 2.93. The van der Waals surface area contributed by atoms with E-state index in [9.17, 15) is 4.79 Å². The van der Waals surface area contributed by atoms with Crippen LogP contribution < -0.4 is 10.6 Å². The maximum absolute atomic E-state index is 11.8. The minimum absolute atomic E-state index is 0.0236. The maximum atomic E-state index is 11.8. The zero-order chi connectivity index (χ0) is 16.7. The molecule has 0 saturated carbocycles. The predicted molar refractivity (Wildman–Crippen MR) is 97.9 cm³/mol. The lowest BCUT2D eigenvalue weighted by Gasteiger charge is -2.11. The van der Waals surface area contributed by atoms with Crippen LogP contribution in [0.5, 0.6) is 0 Å². The number of aromatic nitrogens is 2. The Kier molecular flexibility index (Phi) is 7.14. The van der Waals surface area contributed by atoms with Crippen molar-refractivity contribution in [3.05, 3.63) is 29.3 Å². The second kappa shape index (κ2) is 9.10. The fourth-order valence-corrected chi connectivity index (χ4v) is 3.73. The summed E-state index contributed by atoms with van der Waals surface area (Å²) in [5.41, 5.74) is 0.858. The lowest BCUT2D eigenvalue weighted by atomic mass is 10.2. The zero-order valence-electron chi connectivity index (χ0n) is 13.0. The molecule has 0 saturated heterocycles. The van der Waals surface area contributed by atoms with Crippen LogP contribution in [0.15, 0.2) is 28.6 Å². The van der Waals surface area contributed by atoms with Crippen LogP contribution in [0.25, 0.3) is 0 Å². The molecule has 2 N–H and O–H groups in total. The predicted octanol–water partition coefficient (Wildman–Crippen LogP) is 4.33. The first-order chi connectivity index (χ1) is 11.1. The number of rotatable bonds is 8. The van der Waals surface area contributed by atoms with Gasteiger partial charge in [0.05, 0.1) is 5.75 Å². The molecule has 0 bridgehead atoms. The molecule has 1 atom stereocenters. The highest BCUT2D eigenvalue weighted by molar-refractivity contribution is 8.01. The molecule has 0 radical (unpaired) electrons.